The Labute approximate surface area is 109 Å². The molecular formula is C15H23N3. The zero-order valence-electron chi connectivity index (χ0n) is 11.3. The molecule has 98 valence electrons. The molecule has 3 atom stereocenters. The van der Waals surface area contributed by atoms with Crippen LogP contribution in [0.5, 0.6) is 0 Å². The molecule has 2 fully saturated rings. The first-order chi connectivity index (χ1) is 8.65. The Morgan fingerprint density at radius 1 is 1.28 bits per heavy atom. The van der Waals surface area contributed by atoms with E-state index in [0.717, 1.165) is 12.1 Å². The second-order valence-corrected chi connectivity index (χ2v) is 6.10. The van der Waals surface area contributed by atoms with Gasteiger partial charge in [-0.2, -0.15) is 0 Å². The Morgan fingerprint density at radius 3 is 2.56 bits per heavy atom. The minimum Gasteiger partial charge on any atom is -0.324 e. The molecule has 0 spiro atoms. The molecule has 1 aromatic rings. The summed E-state index contributed by atoms with van der Waals surface area (Å²) in [6.07, 6.45) is 9.06. The van der Waals surface area contributed by atoms with E-state index in [1.54, 1.807) is 0 Å². The number of piperidine rings is 1. The largest absolute Gasteiger partial charge is 0.324 e. The molecule has 2 aliphatic rings. The molecule has 3 rings (SSSR count). The number of fused-ring (bicyclic) bond motifs is 2. The van der Waals surface area contributed by atoms with Crippen molar-refractivity contribution in [1.82, 2.24) is 9.88 Å². The number of hydrogen-bond donors (Lipinski definition) is 1. The summed E-state index contributed by atoms with van der Waals surface area (Å²) in [6.45, 7) is 2.08. The number of hydrogen-bond acceptors (Lipinski definition) is 3. The standard InChI is InChI=1S/C15H23N3/c1-10-5-12(9-17-8-10)15(16)11-6-13-3-4-14(7-11)18(13)2/h5,8-9,11,13-15H,3-4,6-7,16H2,1-2H3. The molecule has 0 saturated carbocycles. The van der Waals surface area contributed by atoms with Crippen molar-refractivity contribution in [1.29, 1.82) is 0 Å². The van der Waals surface area contributed by atoms with E-state index < -0.39 is 0 Å². The van der Waals surface area contributed by atoms with Crippen LogP contribution in [0.3, 0.4) is 0 Å². The van der Waals surface area contributed by atoms with Gasteiger partial charge in [-0.1, -0.05) is 6.07 Å². The van der Waals surface area contributed by atoms with E-state index in [1.807, 2.05) is 12.4 Å². The van der Waals surface area contributed by atoms with Gasteiger partial charge in [0.2, 0.25) is 0 Å². The lowest BCUT2D eigenvalue weighted by molar-refractivity contribution is 0.120. The van der Waals surface area contributed by atoms with Crippen LogP contribution >= 0.6 is 0 Å². The van der Waals surface area contributed by atoms with Gasteiger partial charge >= 0.3 is 0 Å². The summed E-state index contributed by atoms with van der Waals surface area (Å²) in [4.78, 5) is 6.85. The van der Waals surface area contributed by atoms with Gasteiger partial charge in [0.15, 0.2) is 0 Å². The predicted molar refractivity (Wildman–Crippen MR) is 73.2 cm³/mol. The maximum Gasteiger partial charge on any atom is 0.0340 e. The van der Waals surface area contributed by atoms with E-state index in [9.17, 15) is 0 Å². The third-order valence-corrected chi connectivity index (χ3v) is 4.92. The zero-order valence-corrected chi connectivity index (χ0v) is 11.3. The minimum atomic E-state index is 0.161. The Kier molecular flexibility index (Phi) is 3.12. The van der Waals surface area contributed by atoms with E-state index in [1.165, 1.54) is 36.8 Å². The molecule has 2 N–H and O–H groups in total. The molecule has 18 heavy (non-hydrogen) atoms. The van der Waals surface area contributed by atoms with Crippen LogP contribution in [0.2, 0.25) is 0 Å². The molecule has 2 saturated heterocycles. The van der Waals surface area contributed by atoms with E-state index in [4.69, 9.17) is 5.73 Å². The van der Waals surface area contributed by atoms with Crippen LogP contribution in [0.25, 0.3) is 0 Å². The number of pyridine rings is 1. The minimum absolute atomic E-state index is 0.161. The molecule has 2 aliphatic heterocycles. The molecule has 1 aromatic heterocycles. The lowest BCUT2D eigenvalue weighted by Gasteiger charge is -2.38. The van der Waals surface area contributed by atoms with Crippen LogP contribution in [0, 0.1) is 12.8 Å². The molecule has 3 unspecified atom stereocenters. The highest BCUT2D eigenvalue weighted by atomic mass is 15.2. The van der Waals surface area contributed by atoms with E-state index in [0.29, 0.717) is 5.92 Å². The van der Waals surface area contributed by atoms with Gasteiger partial charge < -0.3 is 10.6 Å². The first kappa shape index (κ1) is 12.1. The fraction of sp³-hybridized carbons (Fsp3) is 0.667. The summed E-state index contributed by atoms with van der Waals surface area (Å²) < 4.78 is 0. The first-order valence-electron chi connectivity index (χ1n) is 7.04. The molecule has 0 aromatic carbocycles. The molecule has 3 heterocycles. The van der Waals surface area contributed by atoms with Gasteiger partial charge in [-0.05, 0) is 56.7 Å². The van der Waals surface area contributed by atoms with Gasteiger partial charge in [-0.3, -0.25) is 4.98 Å². The summed E-state index contributed by atoms with van der Waals surface area (Å²) >= 11 is 0. The van der Waals surface area contributed by atoms with Gasteiger partial charge in [0.05, 0.1) is 0 Å². The molecular weight excluding hydrogens is 222 g/mol. The first-order valence-corrected chi connectivity index (χ1v) is 7.04. The van der Waals surface area contributed by atoms with Crippen molar-refractivity contribution >= 4 is 0 Å². The molecule has 0 aliphatic carbocycles. The lowest BCUT2D eigenvalue weighted by Crippen LogP contribution is -2.42. The highest BCUT2D eigenvalue weighted by Crippen LogP contribution is 2.41. The fourth-order valence-corrected chi connectivity index (χ4v) is 3.78. The number of aromatic nitrogens is 1. The van der Waals surface area contributed by atoms with E-state index >= 15 is 0 Å². The summed E-state index contributed by atoms with van der Waals surface area (Å²) in [6, 6.07) is 3.88. The number of nitrogens with zero attached hydrogens (tertiary/aromatic N) is 2. The van der Waals surface area contributed by atoms with Crippen molar-refractivity contribution in [2.45, 2.75) is 50.7 Å². The third kappa shape index (κ3) is 2.06. The van der Waals surface area contributed by atoms with Crippen molar-refractivity contribution in [3.05, 3.63) is 29.6 Å². The molecule has 0 radical (unpaired) electrons. The summed E-state index contributed by atoms with van der Waals surface area (Å²) in [7, 11) is 2.28. The SMILES string of the molecule is Cc1cncc(C(N)C2CC3CCC(C2)N3C)c1. The van der Waals surface area contributed by atoms with Crippen LogP contribution in [0.4, 0.5) is 0 Å². The fourth-order valence-electron chi connectivity index (χ4n) is 3.78. The van der Waals surface area contributed by atoms with Crippen molar-refractivity contribution in [3.8, 4) is 0 Å². The average molecular weight is 245 g/mol. The normalized spacial score (nSPS) is 33.6. The van der Waals surface area contributed by atoms with Crippen LogP contribution in [0.1, 0.15) is 42.9 Å². The van der Waals surface area contributed by atoms with Crippen LogP contribution in [0.15, 0.2) is 18.5 Å². The Balaban J connectivity index is 1.76. The Morgan fingerprint density at radius 2 is 1.94 bits per heavy atom. The van der Waals surface area contributed by atoms with E-state index in [-0.39, 0.29) is 6.04 Å². The highest BCUT2D eigenvalue weighted by Gasteiger charge is 2.40. The molecule has 3 nitrogen and oxygen atoms in total. The third-order valence-electron chi connectivity index (χ3n) is 4.92. The van der Waals surface area contributed by atoms with Crippen molar-refractivity contribution in [2.24, 2.45) is 11.7 Å². The van der Waals surface area contributed by atoms with Crippen LogP contribution in [-0.2, 0) is 0 Å². The summed E-state index contributed by atoms with van der Waals surface area (Å²) in [5.41, 5.74) is 8.90. The lowest BCUT2D eigenvalue weighted by atomic mass is 9.83. The topological polar surface area (TPSA) is 42.1 Å². The Bertz CT molecular complexity index is 418. The zero-order chi connectivity index (χ0) is 12.7. The van der Waals surface area contributed by atoms with Gasteiger partial charge in [0.25, 0.3) is 0 Å². The van der Waals surface area contributed by atoms with Gasteiger partial charge in [0, 0.05) is 30.5 Å². The van der Waals surface area contributed by atoms with Gasteiger partial charge in [0.1, 0.15) is 0 Å². The van der Waals surface area contributed by atoms with Crippen molar-refractivity contribution < 1.29 is 0 Å². The van der Waals surface area contributed by atoms with Crippen molar-refractivity contribution in [2.75, 3.05) is 7.05 Å². The Hall–Kier alpha value is -0.930. The molecule has 0 amide bonds. The highest BCUT2D eigenvalue weighted by molar-refractivity contribution is 5.21. The van der Waals surface area contributed by atoms with Crippen molar-refractivity contribution in [3.63, 3.8) is 0 Å². The smallest absolute Gasteiger partial charge is 0.0340 e. The van der Waals surface area contributed by atoms with Crippen LogP contribution in [-0.4, -0.2) is 29.0 Å². The van der Waals surface area contributed by atoms with Gasteiger partial charge in [-0.15, -0.1) is 0 Å². The van der Waals surface area contributed by atoms with Gasteiger partial charge in [-0.25, -0.2) is 0 Å². The predicted octanol–water partition coefficient (Wildman–Crippen LogP) is 2.26. The monoisotopic (exact) mass is 245 g/mol. The number of nitrogens with two attached hydrogens (primary N) is 1. The number of rotatable bonds is 2. The van der Waals surface area contributed by atoms with E-state index in [2.05, 4.69) is 29.9 Å². The second-order valence-electron chi connectivity index (χ2n) is 6.10. The molecule has 2 bridgehead atoms. The number of aryl methyl sites for hydroxylation is 1. The summed E-state index contributed by atoms with van der Waals surface area (Å²) in [5, 5.41) is 0. The van der Waals surface area contributed by atoms with Crippen LogP contribution < -0.4 is 5.73 Å². The quantitative estimate of drug-likeness (QED) is 0.869. The summed E-state index contributed by atoms with van der Waals surface area (Å²) in [5.74, 6) is 0.627. The molecule has 3 heteroatoms. The maximum atomic E-state index is 6.48. The second kappa shape index (κ2) is 4.63. The maximum absolute atomic E-state index is 6.48. The average Bonchev–Trinajstić information content (AvgIpc) is 2.61.